The second kappa shape index (κ2) is 5.27. The number of anilines is 2. The van der Waals surface area contributed by atoms with Crippen molar-refractivity contribution in [2.45, 2.75) is 13.8 Å². The number of rotatable bonds is 2. The standard InChI is InChI=1S/C16H13N5O2S/c1-7-3-4-11-9(5-7)6-10-12(17)13(24-16(10)18-11)15(22)19-14-8(2)20-23-21-14/h3-6H,17H2,1-2H3,(H,19,21,22). The largest absolute Gasteiger partial charge is 0.397 e. The van der Waals surface area contributed by atoms with Gasteiger partial charge in [0.25, 0.3) is 5.91 Å². The third kappa shape index (κ3) is 2.28. The number of nitrogens with zero attached hydrogens (tertiary/aromatic N) is 3. The van der Waals surface area contributed by atoms with Crippen LogP contribution in [-0.2, 0) is 0 Å². The first kappa shape index (κ1) is 14.6. The van der Waals surface area contributed by atoms with E-state index in [1.54, 1.807) is 6.92 Å². The van der Waals surface area contributed by atoms with Crippen molar-refractivity contribution in [2.75, 3.05) is 11.1 Å². The van der Waals surface area contributed by atoms with Crippen molar-refractivity contribution in [1.29, 1.82) is 0 Å². The molecule has 0 saturated carbocycles. The number of amides is 1. The predicted octanol–water partition coefficient (Wildman–Crippen LogP) is 3.28. The smallest absolute Gasteiger partial charge is 0.269 e. The van der Waals surface area contributed by atoms with Gasteiger partial charge in [0.1, 0.15) is 15.4 Å². The number of hydrogen-bond acceptors (Lipinski definition) is 7. The summed E-state index contributed by atoms with van der Waals surface area (Å²) in [6, 6.07) is 7.98. The Morgan fingerprint density at radius 3 is 2.83 bits per heavy atom. The number of carbonyl (C=O) groups is 1. The van der Waals surface area contributed by atoms with Crippen LogP contribution in [0.2, 0.25) is 0 Å². The topological polar surface area (TPSA) is 107 Å². The van der Waals surface area contributed by atoms with E-state index in [2.05, 4.69) is 25.2 Å². The molecule has 3 aromatic heterocycles. The highest BCUT2D eigenvalue weighted by atomic mass is 32.1. The Morgan fingerprint density at radius 2 is 2.08 bits per heavy atom. The van der Waals surface area contributed by atoms with Gasteiger partial charge in [-0.05, 0) is 37.2 Å². The Hall–Kier alpha value is -3.00. The summed E-state index contributed by atoms with van der Waals surface area (Å²) in [6.07, 6.45) is 0. The van der Waals surface area contributed by atoms with Gasteiger partial charge in [0, 0.05) is 10.8 Å². The van der Waals surface area contributed by atoms with Gasteiger partial charge in [-0.2, -0.15) is 0 Å². The average molecular weight is 339 g/mol. The molecule has 3 heterocycles. The molecule has 0 aliphatic carbocycles. The number of fused-ring (bicyclic) bond motifs is 2. The van der Waals surface area contributed by atoms with Crippen LogP contribution in [0.3, 0.4) is 0 Å². The Kier molecular flexibility index (Phi) is 3.20. The molecule has 24 heavy (non-hydrogen) atoms. The Bertz CT molecular complexity index is 1100. The minimum Gasteiger partial charge on any atom is -0.397 e. The first-order valence-electron chi connectivity index (χ1n) is 7.23. The van der Waals surface area contributed by atoms with E-state index in [1.165, 1.54) is 11.3 Å². The van der Waals surface area contributed by atoms with Crippen LogP contribution in [0.1, 0.15) is 20.9 Å². The molecule has 0 bridgehead atoms. The van der Waals surface area contributed by atoms with Crippen LogP contribution in [0, 0.1) is 13.8 Å². The lowest BCUT2D eigenvalue weighted by Crippen LogP contribution is -2.12. The molecule has 3 N–H and O–H groups in total. The van der Waals surface area contributed by atoms with E-state index in [9.17, 15) is 4.79 Å². The molecule has 1 aromatic carbocycles. The lowest BCUT2D eigenvalue weighted by Gasteiger charge is -2.01. The predicted molar refractivity (Wildman–Crippen MR) is 93.3 cm³/mol. The maximum absolute atomic E-state index is 12.5. The Morgan fingerprint density at radius 1 is 1.25 bits per heavy atom. The van der Waals surface area contributed by atoms with Crippen LogP contribution < -0.4 is 11.1 Å². The van der Waals surface area contributed by atoms with Crippen LogP contribution in [-0.4, -0.2) is 21.2 Å². The zero-order valence-electron chi connectivity index (χ0n) is 13.0. The van der Waals surface area contributed by atoms with E-state index < -0.39 is 0 Å². The minimum atomic E-state index is -0.352. The van der Waals surface area contributed by atoms with Crippen molar-refractivity contribution >= 4 is 49.9 Å². The molecule has 0 radical (unpaired) electrons. The molecule has 0 spiro atoms. The van der Waals surface area contributed by atoms with Crippen molar-refractivity contribution in [2.24, 2.45) is 0 Å². The molecule has 0 aliphatic heterocycles. The molecule has 0 atom stereocenters. The van der Waals surface area contributed by atoms with Gasteiger partial charge in [0.2, 0.25) is 5.82 Å². The minimum absolute atomic E-state index is 0.283. The van der Waals surface area contributed by atoms with Crippen LogP contribution in [0.5, 0.6) is 0 Å². The van der Waals surface area contributed by atoms with Gasteiger partial charge >= 0.3 is 0 Å². The third-order valence-corrected chi connectivity index (χ3v) is 4.87. The molecule has 7 nitrogen and oxygen atoms in total. The van der Waals surface area contributed by atoms with Crippen LogP contribution in [0.25, 0.3) is 21.1 Å². The summed E-state index contributed by atoms with van der Waals surface area (Å²) in [7, 11) is 0. The number of nitrogen functional groups attached to an aromatic ring is 1. The summed E-state index contributed by atoms with van der Waals surface area (Å²) in [6.45, 7) is 3.71. The maximum Gasteiger partial charge on any atom is 0.269 e. The third-order valence-electron chi connectivity index (χ3n) is 3.76. The number of aromatic nitrogens is 3. The molecule has 120 valence electrons. The van der Waals surface area contributed by atoms with Crippen molar-refractivity contribution in [3.63, 3.8) is 0 Å². The number of benzene rings is 1. The first-order chi connectivity index (χ1) is 11.5. The van der Waals surface area contributed by atoms with Gasteiger partial charge < -0.3 is 11.1 Å². The molecule has 4 aromatic rings. The van der Waals surface area contributed by atoms with E-state index >= 15 is 0 Å². The number of hydrogen-bond donors (Lipinski definition) is 2. The Labute approximate surface area is 140 Å². The number of pyridine rings is 1. The van der Waals surface area contributed by atoms with Gasteiger partial charge in [-0.25, -0.2) is 9.61 Å². The molecule has 0 unspecified atom stereocenters. The monoisotopic (exact) mass is 339 g/mol. The fourth-order valence-electron chi connectivity index (χ4n) is 2.50. The van der Waals surface area contributed by atoms with E-state index in [-0.39, 0.29) is 11.7 Å². The SMILES string of the molecule is Cc1ccc2nc3sc(C(=O)Nc4nonc4C)c(N)c3cc2c1. The summed E-state index contributed by atoms with van der Waals surface area (Å²) in [5, 5.41) is 11.7. The van der Waals surface area contributed by atoms with Crippen molar-refractivity contribution in [3.8, 4) is 0 Å². The highest BCUT2D eigenvalue weighted by Gasteiger charge is 2.20. The molecular weight excluding hydrogens is 326 g/mol. The van der Waals surface area contributed by atoms with Crippen LogP contribution >= 0.6 is 11.3 Å². The van der Waals surface area contributed by atoms with Gasteiger partial charge in [-0.3, -0.25) is 4.79 Å². The van der Waals surface area contributed by atoms with Gasteiger partial charge in [0.15, 0.2) is 0 Å². The fraction of sp³-hybridized carbons (Fsp3) is 0.125. The van der Waals surface area contributed by atoms with Gasteiger partial charge in [-0.1, -0.05) is 16.8 Å². The van der Waals surface area contributed by atoms with Crippen LogP contribution in [0.4, 0.5) is 11.5 Å². The van der Waals surface area contributed by atoms with E-state index in [4.69, 9.17) is 5.73 Å². The second-order valence-electron chi connectivity index (χ2n) is 5.53. The van der Waals surface area contributed by atoms with Crippen molar-refractivity contribution in [3.05, 3.63) is 40.4 Å². The number of carbonyl (C=O) groups excluding carboxylic acids is 1. The summed E-state index contributed by atoms with van der Waals surface area (Å²) in [5.74, 6) is -0.0693. The van der Waals surface area contributed by atoms with Crippen molar-refractivity contribution in [1.82, 2.24) is 15.3 Å². The van der Waals surface area contributed by atoms with E-state index in [0.29, 0.717) is 16.3 Å². The molecule has 0 fully saturated rings. The fourth-order valence-corrected chi connectivity index (χ4v) is 3.48. The maximum atomic E-state index is 12.5. The van der Waals surface area contributed by atoms with Gasteiger partial charge in [-0.15, -0.1) is 11.3 Å². The summed E-state index contributed by atoms with van der Waals surface area (Å²) in [4.78, 5) is 18.2. The zero-order chi connectivity index (χ0) is 16.8. The lowest BCUT2D eigenvalue weighted by atomic mass is 10.1. The quantitative estimate of drug-likeness (QED) is 0.580. The van der Waals surface area contributed by atoms with Crippen LogP contribution in [0.15, 0.2) is 28.9 Å². The normalized spacial score (nSPS) is 11.2. The van der Waals surface area contributed by atoms with E-state index in [1.807, 2.05) is 31.2 Å². The first-order valence-corrected chi connectivity index (χ1v) is 8.04. The molecular formula is C16H13N5O2S. The summed E-state index contributed by atoms with van der Waals surface area (Å²) < 4.78 is 4.58. The highest BCUT2D eigenvalue weighted by molar-refractivity contribution is 7.21. The molecule has 1 amide bonds. The highest BCUT2D eigenvalue weighted by Crippen LogP contribution is 2.35. The number of aryl methyl sites for hydroxylation is 2. The zero-order valence-corrected chi connectivity index (χ0v) is 13.8. The number of thiophene rings is 1. The van der Waals surface area contributed by atoms with E-state index in [0.717, 1.165) is 26.7 Å². The average Bonchev–Trinajstić information content (AvgIpc) is 3.09. The lowest BCUT2D eigenvalue weighted by molar-refractivity contribution is 0.103. The van der Waals surface area contributed by atoms with Crippen molar-refractivity contribution < 1.29 is 9.42 Å². The number of nitrogens with one attached hydrogen (secondary N) is 1. The summed E-state index contributed by atoms with van der Waals surface area (Å²) >= 11 is 1.25. The molecule has 0 aliphatic rings. The second-order valence-corrected chi connectivity index (χ2v) is 6.53. The molecule has 0 saturated heterocycles. The number of nitrogens with two attached hydrogens (primary N) is 1. The molecule has 4 rings (SSSR count). The summed E-state index contributed by atoms with van der Waals surface area (Å²) in [5.41, 5.74) is 9.12. The Balaban J connectivity index is 1.81. The van der Waals surface area contributed by atoms with Gasteiger partial charge in [0.05, 0.1) is 11.2 Å². The molecule has 8 heteroatoms.